The van der Waals surface area contributed by atoms with E-state index in [1.165, 1.54) is 19.1 Å². The molecule has 5 nitrogen and oxygen atoms in total. The second-order valence-corrected chi connectivity index (χ2v) is 5.17. The van der Waals surface area contributed by atoms with Crippen molar-refractivity contribution in [2.75, 3.05) is 6.61 Å². The number of Topliss-reactive ketones (excluding diaryl/α,β-unsaturated/α-hetero) is 1. The fraction of sp³-hybridized carbons (Fsp3) is 0.267. The van der Waals surface area contributed by atoms with Gasteiger partial charge in [0.2, 0.25) is 0 Å². The molecule has 0 aliphatic carbocycles. The van der Waals surface area contributed by atoms with Crippen LogP contribution in [0.2, 0.25) is 0 Å². The molecule has 112 valence electrons. The third kappa shape index (κ3) is 5.15. The largest absolute Gasteiger partial charge is 0.478 e. The number of aliphatic carboxylic acids is 1. The van der Waals surface area contributed by atoms with Gasteiger partial charge < -0.3 is 9.84 Å². The Morgan fingerprint density at radius 3 is 2.52 bits per heavy atom. The number of rotatable bonds is 6. The molecule has 1 N–H and O–H groups in total. The van der Waals surface area contributed by atoms with Crippen LogP contribution in [0.1, 0.15) is 40.2 Å². The van der Waals surface area contributed by atoms with Crippen molar-refractivity contribution in [3.05, 3.63) is 41.0 Å². The van der Waals surface area contributed by atoms with Crippen LogP contribution in [0.4, 0.5) is 0 Å². The number of carboxylic acids is 1. The SMILES string of the molecule is CCOC(=O)c1cc(/C=C/C(=O)O)cc(C(Br)C(C)=O)c1. The molecule has 0 aromatic heterocycles. The van der Waals surface area contributed by atoms with Crippen molar-refractivity contribution in [1.29, 1.82) is 0 Å². The average molecular weight is 355 g/mol. The molecule has 1 aromatic carbocycles. The number of carboxylic acid groups (broad SMARTS) is 1. The highest BCUT2D eigenvalue weighted by Crippen LogP contribution is 2.26. The zero-order valence-electron chi connectivity index (χ0n) is 11.6. The molecule has 0 amide bonds. The van der Waals surface area contributed by atoms with Gasteiger partial charge in [0.25, 0.3) is 0 Å². The summed E-state index contributed by atoms with van der Waals surface area (Å²) in [5.74, 6) is -1.74. The van der Waals surface area contributed by atoms with Gasteiger partial charge in [-0.1, -0.05) is 22.0 Å². The Morgan fingerprint density at radius 1 is 1.33 bits per heavy atom. The molecule has 6 heteroatoms. The van der Waals surface area contributed by atoms with Crippen molar-refractivity contribution in [3.8, 4) is 0 Å². The van der Waals surface area contributed by atoms with E-state index in [1.807, 2.05) is 0 Å². The van der Waals surface area contributed by atoms with Gasteiger partial charge >= 0.3 is 11.9 Å². The van der Waals surface area contributed by atoms with E-state index in [2.05, 4.69) is 15.9 Å². The highest BCUT2D eigenvalue weighted by Gasteiger charge is 2.16. The fourth-order valence-corrected chi connectivity index (χ4v) is 1.92. The maximum atomic E-state index is 11.8. The minimum absolute atomic E-state index is 0.121. The summed E-state index contributed by atoms with van der Waals surface area (Å²) in [6, 6.07) is 4.71. The minimum Gasteiger partial charge on any atom is -0.478 e. The molecule has 0 heterocycles. The Hall–Kier alpha value is -1.95. The van der Waals surface area contributed by atoms with E-state index in [0.29, 0.717) is 11.1 Å². The summed E-state index contributed by atoms with van der Waals surface area (Å²) < 4.78 is 4.92. The molecular formula is C15H15BrO5. The van der Waals surface area contributed by atoms with Gasteiger partial charge in [0, 0.05) is 6.08 Å². The lowest BCUT2D eigenvalue weighted by Crippen LogP contribution is -2.08. The van der Waals surface area contributed by atoms with E-state index >= 15 is 0 Å². The zero-order chi connectivity index (χ0) is 16.0. The number of hydrogen-bond donors (Lipinski definition) is 1. The molecule has 0 aliphatic heterocycles. The zero-order valence-corrected chi connectivity index (χ0v) is 13.2. The van der Waals surface area contributed by atoms with Crippen LogP contribution in [0.25, 0.3) is 6.08 Å². The summed E-state index contributed by atoms with van der Waals surface area (Å²) in [5, 5.41) is 8.66. The molecule has 0 fully saturated rings. The van der Waals surface area contributed by atoms with Gasteiger partial charge in [-0.25, -0.2) is 9.59 Å². The molecule has 0 radical (unpaired) electrons. The number of ether oxygens (including phenoxy) is 1. The van der Waals surface area contributed by atoms with Gasteiger partial charge in [0.15, 0.2) is 0 Å². The summed E-state index contributed by atoms with van der Waals surface area (Å²) in [6.07, 6.45) is 2.32. The molecule has 0 bridgehead atoms. The smallest absolute Gasteiger partial charge is 0.338 e. The Kier molecular flexibility index (Phi) is 6.30. The molecule has 21 heavy (non-hydrogen) atoms. The Balaban J connectivity index is 3.28. The van der Waals surface area contributed by atoms with Gasteiger partial charge in [0.1, 0.15) is 5.78 Å². The minimum atomic E-state index is -1.10. The number of ketones is 1. The molecule has 0 spiro atoms. The standard InChI is InChI=1S/C15H15BrO5/c1-3-21-15(20)12-7-10(4-5-13(18)19)6-11(8-12)14(16)9(2)17/h4-8,14H,3H2,1-2H3,(H,18,19)/b5-4+. The first-order valence-corrected chi connectivity index (χ1v) is 7.14. The topological polar surface area (TPSA) is 80.7 Å². The van der Waals surface area contributed by atoms with Crippen LogP contribution in [0, 0.1) is 0 Å². The third-order valence-corrected chi connectivity index (χ3v) is 3.73. The van der Waals surface area contributed by atoms with Crippen molar-refractivity contribution in [2.45, 2.75) is 18.7 Å². The Labute approximate surface area is 130 Å². The number of hydrogen-bond acceptors (Lipinski definition) is 4. The molecule has 1 rings (SSSR count). The van der Waals surface area contributed by atoms with E-state index in [-0.39, 0.29) is 18.0 Å². The van der Waals surface area contributed by atoms with Gasteiger partial charge in [-0.05, 0) is 43.2 Å². The third-order valence-electron chi connectivity index (χ3n) is 2.56. The van der Waals surface area contributed by atoms with Crippen LogP contribution >= 0.6 is 15.9 Å². The predicted molar refractivity (Wildman–Crippen MR) is 81.4 cm³/mol. The predicted octanol–water partition coefficient (Wildman–Crippen LogP) is 2.99. The average Bonchev–Trinajstić information content (AvgIpc) is 2.44. The second kappa shape index (κ2) is 7.73. The fourth-order valence-electron chi connectivity index (χ4n) is 1.65. The van der Waals surface area contributed by atoms with Gasteiger partial charge in [-0.3, -0.25) is 4.79 Å². The maximum absolute atomic E-state index is 11.8. The van der Waals surface area contributed by atoms with Crippen LogP contribution in [0.15, 0.2) is 24.3 Å². The van der Waals surface area contributed by atoms with E-state index in [9.17, 15) is 14.4 Å². The summed E-state index contributed by atoms with van der Waals surface area (Å²) in [4.78, 5) is 33.3. The second-order valence-electron chi connectivity index (χ2n) is 4.25. The molecule has 1 unspecified atom stereocenters. The van der Waals surface area contributed by atoms with Gasteiger partial charge in [-0.15, -0.1) is 0 Å². The molecule has 1 aromatic rings. The molecule has 0 saturated heterocycles. The van der Waals surface area contributed by atoms with Crippen LogP contribution in [-0.4, -0.2) is 29.4 Å². The van der Waals surface area contributed by atoms with Crippen molar-refractivity contribution in [3.63, 3.8) is 0 Å². The van der Waals surface area contributed by atoms with Crippen molar-refractivity contribution < 1.29 is 24.2 Å². The number of alkyl halides is 1. The normalized spacial score (nSPS) is 12.1. The van der Waals surface area contributed by atoms with Crippen LogP contribution in [-0.2, 0) is 14.3 Å². The number of carbonyl (C=O) groups excluding carboxylic acids is 2. The van der Waals surface area contributed by atoms with E-state index in [1.54, 1.807) is 19.1 Å². The van der Waals surface area contributed by atoms with Crippen LogP contribution in [0.3, 0.4) is 0 Å². The number of esters is 1. The summed E-state index contributed by atoms with van der Waals surface area (Å²) >= 11 is 3.24. The van der Waals surface area contributed by atoms with Gasteiger partial charge in [0.05, 0.1) is 17.0 Å². The molecular weight excluding hydrogens is 340 g/mol. The van der Waals surface area contributed by atoms with Crippen LogP contribution in [0.5, 0.6) is 0 Å². The Morgan fingerprint density at radius 2 is 2.00 bits per heavy atom. The summed E-state index contributed by atoms with van der Waals surface area (Å²) in [7, 11) is 0. The number of benzene rings is 1. The van der Waals surface area contributed by atoms with Crippen molar-refractivity contribution in [2.24, 2.45) is 0 Å². The van der Waals surface area contributed by atoms with Crippen molar-refractivity contribution >= 4 is 39.7 Å². The lowest BCUT2D eigenvalue weighted by atomic mass is 10.0. The monoisotopic (exact) mass is 354 g/mol. The van der Waals surface area contributed by atoms with E-state index in [0.717, 1.165) is 6.08 Å². The molecule has 0 saturated carbocycles. The van der Waals surface area contributed by atoms with E-state index < -0.39 is 16.8 Å². The lowest BCUT2D eigenvalue weighted by Gasteiger charge is -2.10. The van der Waals surface area contributed by atoms with Crippen molar-refractivity contribution in [1.82, 2.24) is 0 Å². The number of halogens is 1. The van der Waals surface area contributed by atoms with Crippen LogP contribution < -0.4 is 0 Å². The van der Waals surface area contributed by atoms with Gasteiger partial charge in [-0.2, -0.15) is 0 Å². The lowest BCUT2D eigenvalue weighted by molar-refractivity contribution is -0.131. The quantitative estimate of drug-likeness (QED) is 0.482. The van der Waals surface area contributed by atoms with E-state index in [4.69, 9.17) is 9.84 Å². The molecule has 0 aliphatic rings. The highest BCUT2D eigenvalue weighted by molar-refractivity contribution is 9.09. The summed E-state index contributed by atoms with van der Waals surface area (Å²) in [5.41, 5.74) is 1.34. The first kappa shape index (κ1) is 17.1. The first-order valence-electron chi connectivity index (χ1n) is 6.22. The first-order chi connectivity index (χ1) is 9.85. The summed E-state index contributed by atoms with van der Waals surface area (Å²) in [6.45, 7) is 3.34. The number of carbonyl (C=O) groups is 3. The molecule has 1 atom stereocenters. The highest BCUT2D eigenvalue weighted by atomic mass is 79.9. The Bertz CT molecular complexity index is 592. The maximum Gasteiger partial charge on any atom is 0.338 e.